The molecule has 0 aliphatic rings. The molecule has 1 aromatic heterocycles. The molecule has 0 radical (unpaired) electrons. The molecule has 4 aromatic rings. The first-order valence-corrected chi connectivity index (χ1v) is 9.14. The van der Waals surface area contributed by atoms with Gasteiger partial charge in [0.15, 0.2) is 0 Å². The molecule has 0 unspecified atom stereocenters. The van der Waals surface area contributed by atoms with E-state index in [4.69, 9.17) is 0 Å². The maximum absolute atomic E-state index is 10.2. The summed E-state index contributed by atoms with van der Waals surface area (Å²) >= 11 is 0. The summed E-state index contributed by atoms with van der Waals surface area (Å²) < 4.78 is 0. The van der Waals surface area contributed by atoms with Crippen molar-refractivity contribution in [2.75, 3.05) is 5.43 Å². The molecule has 0 spiro atoms. The van der Waals surface area contributed by atoms with Crippen molar-refractivity contribution in [3.8, 4) is 39.8 Å². The molecule has 4 rings (SSSR count). The zero-order valence-corrected chi connectivity index (χ0v) is 15.8. The van der Waals surface area contributed by atoms with Crippen LogP contribution in [0, 0.1) is 0 Å². The molecular formula is C23H18N4O3. The zero-order valence-electron chi connectivity index (χ0n) is 15.8. The quantitative estimate of drug-likeness (QED) is 0.293. The third kappa shape index (κ3) is 4.20. The highest BCUT2D eigenvalue weighted by Gasteiger charge is 2.11. The number of anilines is 1. The second kappa shape index (κ2) is 8.32. The predicted molar refractivity (Wildman–Crippen MR) is 116 cm³/mol. The van der Waals surface area contributed by atoms with E-state index in [9.17, 15) is 15.3 Å². The van der Waals surface area contributed by atoms with Gasteiger partial charge in [0.05, 0.1) is 17.6 Å². The lowest BCUT2D eigenvalue weighted by Gasteiger charge is -2.09. The number of para-hydroxylation sites is 1. The molecule has 148 valence electrons. The molecule has 3 aromatic carbocycles. The summed E-state index contributed by atoms with van der Waals surface area (Å²) in [5, 5.41) is 33.6. The molecule has 0 amide bonds. The van der Waals surface area contributed by atoms with Crippen molar-refractivity contribution >= 4 is 12.2 Å². The van der Waals surface area contributed by atoms with Gasteiger partial charge in [0, 0.05) is 22.8 Å². The highest BCUT2D eigenvalue weighted by molar-refractivity contribution is 5.84. The van der Waals surface area contributed by atoms with E-state index in [0.717, 1.165) is 5.56 Å². The summed E-state index contributed by atoms with van der Waals surface area (Å²) in [5.41, 5.74) is 5.84. The molecule has 0 bridgehead atoms. The van der Waals surface area contributed by atoms with Gasteiger partial charge in [0.2, 0.25) is 5.95 Å². The first-order valence-electron chi connectivity index (χ1n) is 9.14. The van der Waals surface area contributed by atoms with Crippen LogP contribution in [0.2, 0.25) is 0 Å². The van der Waals surface area contributed by atoms with Crippen LogP contribution in [0.1, 0.15) is 5.56 Å². The number of hydrazone groups is 1. The molecule has 0 aliphatic heterocycles. The Morgan fingerprint density at radius 2 is 1.47 bits per heavy atom. The maximum Gasteiger partial charge on any atom is 0.244 e. The minimum atomic E-state index is -0.102. The number of hydrogen-bond acceptors (Lipinski definition) is 7. The average molecular weight is 398 g/mol. The van der Waals surface area contributed by atoms with Crippen molar-refractivity contribution in [1.29, 1.82) is 0 Å². The van der Waals surface area contributed by atoms with Gasteiger partial charge < -0.3 is 15.3 Å². The normalized spacial score (nSPS) is 10.9. The van der Waals surface area contributed by atoms with E-state index in [1.807, 2.05) is 36.4 Å². The fourth-order valence-corrected chi connectivity index (χ4v) is 2.88. The summed E-state index contributed by atoms with van der Waals surface area (Å²) in [6.07, 6.45) is 1.40. The van der Waals surface area contributed by atoms with Gasteiger partial charge in [-0.2, -0.15) is 5.10 Å². The summed E-state index contributed by atoms with van der Waals surface area (Å²) in [6.45, 7) is 0. The molecule has 7 nitrogen and oxygen atoms in total. The monoisotopic (exact) mass is 398 g/mol. The van der Waals surface area contributed by atoms with Crippen LogP contribution in [-0.4, -0.2) is 31.5 Å². The van der Waals surface area contributed by atoms with Crippen LogP contribution in [0.5, 0.6) is 17.2 Å². The van der Waals surface area contributed by atoms with Gasteiger partial charge in [-0.3, -0.25) is 0 Å². The van der Waals surface area contributed by atoms with E-state index in [1.165, 1.54) is 24.4 Å². The van der Waals surface area contributed by atoms with E-state index in [-0.39, 0.29) is 23.2 Å². The fourth-order valence-electron chi connectivity index (χ4n) is 2.88. The van der Waals surface area contributed by atoms with Crippen molar-refractivity contribution in [1.82, 2.24) is 9.97 Å². The Morgan fingerprint density at radius 1 is 0.733 bits per heavy atom. The smallest absolute Gasteiger partial charge is 0.244 e. The number of benzene rings is 3. The van der Waals surface area contributed by atoms with E-state index in [2.05, 4.69) is 20.5 Å². The highest BCUT2D eigenvalue weighted by atomic mass is 16.3. The van der Waals surface area contributed by atoms with Crippen LogP contribution in [0.3, 0.4) is 0 Å². The third-order valence-electron chi connectivity index (χ3n) is 4.36. The molecule has 7 heteroatoms. The highest BCUT2D eigenvalue weighted by Crippen LogP contribution is 2.30. The maximum atomic E-state index is 10.2. The third-order valence-corrected chi connectivity index (χ3v) is 4.36. The zero-order chi connectivity index (χ0) is 20.9. The summed E-state index contributed by atoms with van der Waals surface area (Å²) in [7, 11) is 0. The van der Waals surface area contributed by atoms with Gasteiger partial charge in [-0.15, -0.1) is 0 Å². The Morgan fingerprint density at radius 3 is 2.23 bits per heavy atom. The SMILES string of the molecule is Oc1ccc(/C=N/Nc2nc(-c3ccccc3)cc(-c3ccccc3O)n2)c(O)c1. The van der Waals surface area contributed by atoms with Crippen molar-refractivity contribution in [3.05, 3.63) is 84.4 Å². The van der Waals surface area contributed by atoms with Crippen LogP contribution in [0.15, 0.2) is 84.0 Å². The van der Waals surface area contributed by atoms with Crippen LogP contribution in [0.25, 0.3) is 22.5 Å². The van der Waals surface area contributed by atoms with Gasteiger partial charge in [-0.1, -0.05) is 42.5 Å². The van der Waals surface area contributed by atoms with Gasteiger partial charge in [0.1, 0.15) is 17.2 Å². The van der Waals surface area contributed by atoms with Crippen molar-refractivity contribution in [3.63, 3.8) is 0 Å². The Kier molecular flexibility index (Phi) is 5.25. The lowest BCUT2D eigenvalue weighted by atomic mass is 10.1. The first-order chi connectivity index (χ1) is 14.6. The van der Waals surface area contributed by atoms with E-state index >= 15 is 0 Å². The Balaban J connectivity index is 1.70. The van der Waals surface area contributed by atoms with E-state index < -0.39 is 0 Å². The second-order valence-electron chi connectivity index (χ2n) is 6.46. The van der Waals surface area contributed by atoms with Crippen molar-refractivity contribution in [2.24, 2.45) is 5.10 Å². The average Bonchev–Trinajstić information content (AvgIpc) is 2.76. The minimum Gasteiger partial charge on any atom is -0.508 e. The standard InChI is InChI=1S/C23H18N4O3/c28-17-11-10-16(22(30)12-17)14-24-27-23-25-19(15-6-2-1-3-7-15)13-20(26-23)18-8-4-5-9-21(18)29/h1-14,28-30H,(H,25,26,27)/b24-14+. The number of nitrogens with one attached hydrogen (secondary N) is 1. The van der Waals surface area contributed by atoms with Crippen LogP contribution < -0.4 is 5.43 Å². The summed E-state index contributed by atoms with van der Waals surface area (Å²) in [6, 6.07) is 22.5. The molecular weight excluding hydrogens is 380 g/mol. The second-order valence-corrected chi connectivity index (χ2v) is 6.46. The number of hydrogen-bond donors (Lipinski definition) is 4. The Labute approximate surface area is 172 Å². The molecule has 4 N–H and O–H groups in total. The number of aromatic nitrogens is 2. The summed E-state index contributed by atoms with van der Waals surface area (Å²) in [5.74, 6) is 0.195. The summed E-state index contributed by atoms with van der Waals surface area (Å²) in [4.78, 5) is 8.97. The van der Waals surface area contributed by atoms with E-state index in [0.29, 0.717) is 22.5 Å². The number of phenols is 3. The number of rotatable bonds is 5. The fraction of sp³-hybridized carbons (Fsp3) is 0. The minimum absolute atomic E-state index is 0.0381. The lowest BCUT2D eigenvalue weighted by Crippen LogP contribution is -2.00. The molecule has 0 atom stereocenters. The molecule has 0 fully saturated rings. The predicted octanol–water partition coefficient (Wildman–Crippen LogP) is 4.37. The van der Waals surface area contributed by atoms with Gasteiger partial charge in [-0.25, -0.2) is 15.4 Å². The van der Waals surface area contributed by atoms with Gasteiger partial charge >= 0.3 is 0 Å². The topological polar surface area (TPSA) is 111 Å². The van der Waals surface area contributed by atoms with Gasteiger partial charge in [-0.05, 0) is 30.3 Å². The largest absolute Gasteiger partial charge is 0.508 e. The molecule has 0 saturated carbocycles. The lowest BCUT2D eigenvalue weighted by molar-refractivity contribution is 0.450. The Bertz CT molecular complexity index is 1210. The molecule has 0 aliphatic carbocycles. The van der Waals surface area contributed by atoms with Crippen LogP contribution in [-0.2, 0) is 0 Å². The van der Waals surface area contributed by atoms with Crippen molar-refractivity contribution in [2.45, 2.75) is 0 Å². The van der Waals surface area contributed by atoms with Crippen molar-refractivity contribution < 1.29 is 15.3 Å². The first kappa shape index (κ1) is 18.9. The number of phenolic OH excluding ortho intramolecular Hbond substituents is 3. The van der Waals surface area contributed by atoms with E-state index in [1.54, 1.807) is 24.3 Å². The molecule has 0 saturated heterocycles. The van der Waals surface area contributed by atoms with Crippen LogP contribution >= 0.6 is 0 Å². The molecule has 30 heavy (non-hydrogen) atoms. The van der Waals surface area contributed by atoms with Gasteiger partial charge in [0.25, 0.3) is 0 Å². The molecule has 1 heterocycles. The number of aromatic hydroxyl groups is 3. The number of nitrogens with zero attached hydrogens (tertiary/aromatic N) is 3. The van der Waals surface area contributed by atoms with Crippen LogP contribution in [0.4, 0.5) is 5.95 Å². The Hall–Kier alpha value is -4.39.